The highest BCUT2D eigenvalue weighted by Gasteiger charge is 2.43. The fourth-order valence-electron chi connectivity index (χ4n) is 2.17. The average Bonchev–Trinajstić information content (AvgIpc) is 2.56. The molecule has 3 amide bonds. The summed E-state index contributed by atoms with van der Waals surface area (Å²) in [6, 6.07) is 8.09. The summed E-state index contributed by atoms with van der Waals surface area (Å²) in [5.74, 6) is 1.51. The molecule has 0 unspecified atom stereocenters. The topological polar surface area (TPSA) is 49.4 Å². The molecule has 108 valence electrons. The van der Waals surface area contributed by atoms with Gasteiger partial charge in [-0.25, -0.2) is 4.79 Å². The molecular weight excluding hydrogens is 272 g/mol. The zero-order chi connectivity index (χ0) is 14.8. The fraction of sp³-hybridized carbons (Fsp3) is 0.467. The lowest BCUT2D eigenvalue weighted by molar-refractivity contribution is -0.130. The highest BCUT2D eigenvalue weighted by molar-refractivity contribution is 7.98. The van der Waals surface area contributed by atoms with E-state index in [1.165, 1.54) is 16.0 Å². The number of carbonyl (C=O) groups excluding carboxylic acids is 2. The van der Waals surface area contributed by atoms with Crippen molar-refractivity contribution in [2.75, 3.05) is 12.3 Å². The minimum absolute atomic E-state index is 0.140. The van der Waals surface area contributed by atoms with Crippen LogP contribution in [0, 0.1) is 6.92 Å². The summed E-state index contributed by atoms with van der Waals surface area (Å²) in [7, 11) is 0. The van der Waals surface area contributed by atoms with Crippen molar-refractivity contribution in [2.45, 2.75) is 32.1 Å². The highest BCUT2D eigenvalue weighted by Crippen LogP contribution is 2.18. The molecule has 0 radical (unpaired) electrons. The van der Waals surface area contributed by atoms with Gasteiger partial charge in [0, 0.05) is 18.1 Å². The van der Waals surface area contributed by atoms with Crippen LogP contribution in [0.5, 0.6) is 0 Å². The van der Waals surface area contributed by atoms with E-state index in [1.807, 2.05) is 6.07 Å². The smallest absolute Gasteiger partial charge is 0.324 e. The molecular formula is C15H20N2O2S. The molecule has 1 fully saturated rings. The molecule has 2 rings (SSSR count). The lowest BCUT2D eigenvalue weighted by atomic mass is 10.1. The van der Waals surface area contributed by atoms with Gasteiger partial charge in [0.1, 0.15) is 5.54 Å². The number of amides is 3. The molecule has 20 heavy (non-hydrogen) atoms. The molecule has 1 aromatic rings. The van der Waals surface area contributed by atoms with Gasteiger partial charge in [0.2, 0.25) is 0 Å². The Bertz CT molecular complexity index is 528. The number of nitrogens with zero attached hydrogens (tertiary/aromatic N) is 1. The molecule has 0 spiro atoms. The monoisotopic (exact) mass is 292 g/mol. The Morgan fingerprint density at radius 1 is 1.30 bits per heavy atom. The van der Waals surface area contributed by atoms with Gasteiger partial charge < -0.3 is 5.32 Å². The van der Waals surface area contributed by atoms with Crippen LogP contribution in [0.25, 0.3) is 0 Å². The summed E-state index contributed by atoms with van der Waals surface area (Å²) in [5.41, 5.74) is 1.75. The third-order valence-corrected chi connectivity index (χ3v) is 4.26. The third kappa shape index (κ3) is 3.33. The molecule has 1 aliphatic heterocycles. The van der Waals surface area contributed by atoms with Crippen LogP contribution in [0.3, 0.4) is 0 Å². The maximum Gasteiger partial charge on any atom is 0.325 e. The molecule has 4 nitrogen and oxygen atoms in total. The Morgan fingerprint density at radius 3 is 2.65 bits per heavy atom. The van der Waals surface area contributed by atoms with E-state index in [4.69, 9.17) is 0 Å². The van der Waals surface area contributed by atoms with E-state index in [-0.39, 0.29) is 11.9 Å². The van der Waals surface area contributed by atoms with Gasteiger partial charge in [-0.05, 0) is 26.3 Å². The van der Waals surface area contributed by atoms with Gasteiger partial charge in [0.05, 0.1) is 0 Å². The summed E-state index contributed by atoms with van der Waals surface area (Å²) >= 11 is 1.73. The molecule has 0 saturated carbocycles. The van der Waals surface area contributed by atoms with Crippen LogP contribution in [-0.4, -0.2) is 34.7 Å². The lowest BCUT2D eigenvalue weighted by Gasteiger charge is -2.15. The Labute approximate surface area is 123 Å². The number of imide groups is 1. The lowest BCUT2D eigenvalue weighted by Crippen LogP contribution is -2.40. The largest absolute Gasteiger partial charge is 0.325 e. The zero-order valence-corrected chi connectivity index (χ0v) is 12.9. The fourth-order valence-corrected chi connectivity index (χ4v) is 3.04. The molecule has 1 aliphatic rings. The normalized spacial score (nSPS) is 17.4. The Kier molecular flexibility index (Phi) is 4.38. The molecule has 0 bridgehead atoms. The number of thioether (sulfide) groups is 1. The van der Waals surface area contributed by atoms with E-state index in [2.05, 4.69) is 30.4 Å². The quantitative estimate of drug-likeness (QED) is 0.670. The van der Waals surface area contributed by atoms with Crippen molar-refractivity contribution >= 4 is 23.7 Å². The van der Waals surface area contributed by atoms with E-state index < -0.39 is 5.54 Å². The molecule has 1 N–H and O–H groups in total. The molecule has 1 aromatic carbocycles. The van der Waals surface area contributed by atoms with Crippen LogP contribution in [0.2, 0.25) is 0 Å². The minimum atomic E-state index is -0.766. The summed E-state index contributed by atoms with van der Waals surface area (Å²) < 4.78 is 0. The number of aryl methyl sites for hydroxylation is 1. The third-order valence-electron chi connectivity index (χ3n) is 3.25. The number of rotatable bonds is 5. The SMILES string of the molecule is Cc1cccc(CSCCN2C(=O)NC(C)(C)C2=O)c1. The van der Waals surface area contributed by atoms with Crippen LogP contribution in [0.1, 0.15) is 25.0 Å². The van der Waals surface area contributed by atoms with E-state index >= 15 is 0 Å². The minimum Gasteiger partial charge on any atom is -0.324 e. The van der Waals surface area contributed by atoms with E-state index in [0.717, 1.165) is 11.5 Å². The summed E-state index contributed by atoms with van der Waals surface area (Å²) in [6.07, 6.45) is 0. The number of carbonyl (C=O) groups is 2. The van der Waals surface area contributed by atoms with Crippen LogP contribution in [0.15, 0.2) is 24.3 Å². The van der Waals surface area contributed by atoms with E-state index in [1.54, 1.807) is 25.6 Å². The molecule has 1 heterocycles. The number of urea groups is 1. The van der Waals surface area contributed by atoms with E-state index in [9.17, 15) is 9.59 Å². The van der Waals surface area contributed by atoms with Crippen LogP contribution >= 0.6 is 11.8 Å². The van der Waals surface area contributed by atoms with Gasteiger partial charge in [-0.3, -0.25) is 9.69 Å². The van der Waals surface area contributed by atoms with Crippen molar-refractivity contribution in [1.29, 1.82) is 0 Å². The van der Waals surface area contributed by atoms with Gasteiger partial charge in [0.25, 0.3) is 5.91 Å². The molecule has 1 saturated heterocycles. The first-order valence-corrected chi connectivity index (χ1v) is 7.83. The maximum absolute atomic E-state index is 12.0. The number of hydrogen-bond acceptors (Lipinski definition) is 3. The predicted octanol–water partition coefficient (Wildman–Crippen LogP) is 2.56. The second kappa shape index (κ2) is 5.87. The average molecular weight is 292 g/mol. The van der Waals surface area contributed by atoms with Crippen LogP contribution in [-0.2, 0) is 10.5 Å². The Morgan fingerprint density at radius 2 is 2.05 bits per heavy atom. The standard InChI is InChI=1S/C15H20N2O2S/c1-11-5-4-6-12(9-11)10-20-8-7-17-13(18)15(2,3)16-14(17)19/h4-6,9H,7-8,10H2,1-3H3,(H,16,19). The van der Waals surface area contributed by atoms with Crippen molar-refractivity contribution in [1.82, 2.24) is 10.2 Å². The molecule has 0 aromatic heterocycles. The van der Waals surface area contributed by atoms with Gasteiger partial charge in [-0.15, -0.1) is 0 Å². The van der Waals surface area contributed by atoms with Gasteiger partial charge in [-0.2, -0.15) is 11.8 Å². The summed E-state index contributed by atoms with van der Waals surface area (Å²) in [6.45, 7) is 5.99. The van der Waals surface area contributed by atoms with Crippen molar-refractivity contribution in [3.8, 4) is 0 Å². The Balaban J connectivity index is 1.79. The van der Waals surface area contributed by atoms with Gasteiger partial charge in [0.15, 0.2) is 0 Å². The zero-order valence-electron chi connectivity index (χ0n) is 12.1. The Hall–Kier alpha value is -1.49. The van der Waals surface area contributed by atoms with Crippen LogP contribution < -0.4 is 5.32 Å². The summed E-state index contributed by atoms with van der Waals surface area (Å²) in [4.78, 5) is 25.0. The molecule has 5 heteroatoms. The van der Waals surface area contributed by atoms with Crippen LogP contribution in [0.4, 0.5) is 4.79 Å². The maximum atomic E-state index is 12.0. The number of hydrogen-bond donors (Lipinski definition) is 1. The van der Waals surface area contributed by atoms with Crippen molar-refractivity contribution in [3.63, 3.8) is 0 Å². The van der Waals surface area contributed by atoms with Gasteiger partial charge in [-0.1, -0.05) is 29.8 Å². The van der Waals surface area contributed by atoms with Crippen molar-refractivity contribution < 1.29 is 9.59 Å². The highest BCUT2D eigenvalue weighted by atomic mass is 32.2. The second-order valence-corrected chi connectivity index (χ2v) is 6.66. The number of nitrogens with one attached hydrogen (secondary N) is 1. The first-order chi connectivity index (χ1) is 9.40. The number of benzene rings is 1. The second-order valence-electron chi connectivity index (χ2n) is 5.55. The molecule has 0 aliphatic carbocycles. The van der Waals surface area contributed by atoms with Crippen molar-refractivity contribution in [2.24, 2.45) is 0 Å². The first kappa shape index (κ1) is 14.9. The summed E-state index contributed by atoms with van der Waals surface area (Å²) in [5, 5.41) is 2.69. The van der Waals surface area contributed by atoms with E-state index in [0.29, 0.717) is 6.54 Å². The van der Waals surface area contributed by atoms with Gasteiger partial charge >= 0.3 is 6.03 Å². The first-order valence-electron chi connectivity index (χ1n) is 6.67. The predicted molar refractivity (Wildman–Crippen MR) is 81.7 cm³/mol. The van der Waals surface area contributed by atoms with Crippen molar-refractivity contribution in [3.05, 3.63) is 35.4 Å². The molecule has 0 atom stereocenters.